The van der Waals surface area contributed by atoms with Gasteiger partial charge in [-0.1, -0.05) is 30.3 Å². The van der Waals surface area contributed by atoms with Crippen LogP contribution in [-0.4, -0.2) is 33.0 Å². The van der Waals surface area contributed by atoms with Gasteiger partial charge >= 0.3 is 0 Å². The van der Waals surface area contributed by atoms with Crippen LogP contribution in [0, 0.1) is 5.92 Å². The monoisotopic (exact) mass is 427 g/mol. The summed E-state index contributed by atoms with van der Waals surface area (Å²) in [5.41, 5.74) is 3.17. The van der Waals surface area contributed by atoms with Crippen molar-refractivity contribution in [3.8, 4) is 16.9 Å². The molecule has 1 saturated carbocycles. The van der Waals surface area contributed by atoms with Crippen molar-refractivity contribution < 1.29 is 14.3 Å². The van der Waals surface area contributed by atoms with Crippen LogP contribution < -0.4 is 15.4 Å². The molecular formula is C24H21N5O3. The lowest BCUT2D eigenvalue weighted by atomic mass is 10.1. The van der Waals surface area contributed by atoms with Gasteiger partial charge in [0, 0.05) is 23.4 Å². The van der Waals surface area contributed by atoms with E-state index >= 15 is 0 Å². The van der Waals surface area contributed by atoms with E-state index in [1.807, 2.05) is 54.6 Å². The van der Waals surface area contributed by atoms with E-state index in [1.54, 1.807) is 22.8 Å². The highest BCUT2D eigenvalue weighted by Crippen LogP contribution is 2.30. The zero-order valence-corrected chi connectivity index (χ0v) is 17.2. The molecule has 0 atom stereocenters. The topological polar surface area (TPSA) is 97.6 Å². The number of carbonyl (C=O) groups excluding carboxylic acids is 2. The number of para-hydroxylation sites is 1. The molecule has 0 radical (unpaired) electrons. The second kappa shape index (κ2) is 8.50. The van der Waals surface area contributed by atoms with Crippen molar-refractivity contribution in [2.24, 2.45) is 5.92 Å². The summed E-state index contributed by atoms with van der Waals surface area (Å²) in [5.74, 6) is 0.722. The van der Waals surface area contributed by atoms with Gasteiger partial charge in [0.25, 0.3) is 5.91 Å². The molecule has 8 nitrogen and oxygen atoms in total. The van der Waals surface area contributed by atoms with E-state index in [4.69, 9.17) is 4.74 Å². The second-order valence-electron chi connectivity index (χ2n) is 7.62. The van der Waals surface area contributed by atoms with Gasteiger partial charge in [0.2, 0.25) is 11.9 Å². The Balaban J connectivity index is 1.26. The molecule has 0 spiro atoms. The second-order valence-corrected chi connectivity index (χ2v) is 7.62. The molecule has 2 aromatic carbocycles. The van der Waals surface area contributed by atoms with Crippen molar-refractivity contribution in [1.82, 2.24) is 14.6 Å². The summed E-state index contributed by atoms with van der Waals surface area (Å²) >= 11 is 0. The van der Waals surface area contributed by atoms with Crippen molar-refractivity contribution in [2.45, 2.75) is 12.8 Å². The number of rotatable bonds is 7. The normalized spacial score (nSPS) is 13.0. The Bertz CT molecular complexity index is 1260. The number of pyridine rings is 1. The highest BCUT2D eigenvalue weighted by molar-refractivity contribution is 5.93. The summed E-state index contributed by atoms with van der Waals surface area (Å²) in [6.07, 6.45) is 3.64. The summed E-state index contributed by atoms with van der Waals surface area (Å²) in [6.45, 7) is -0.0853. The van der Waals surface area contributed by atoms with Crippen LogP contribution in [0.4, 0.5) is 11.6 Å². The maximum atomic E-state index is 12.1. The molecule has 5 rings (SSSR count). The molecule has 0 bridgehead atoms. The number of fused-ring (bicyclic) bond motifs is 1. The number of hydrogen-bond acceptors (Lipinski definition) is 5. The fourth-order valence-corrected chi connectivity index (χ4v) is 3.34. The molecule has 2 amide bonds. The lowest BCUT2D eigenvalue weighted by molar-refractivity contribution is -0.118. The van der Waals surface area contributed by atoms with Crippen LogP contribution >= 0.6 is 0 Å². The fourth-order valence-electron chi connectivity index (χ4n) is 3.34. The highest BCUT2D eigenvalue weighted by atomic mass is 16.5. The van der Waals surface area contributed by atoms with E-state index in [1.165, 1.54) is 0 Å². The molecule has 1 aliphatic carbocycles. The van der Waals surface area contributed by atoms with Crippen LogP contribution in [0.1, 0.15) is 12.8 Å². The lowest BCUT2D eigenvalue weighted by Crippen LogP contribution is -2.20. The van der Waals surface area contributed by atoms with Gasteiger partial charge in [0.1, 0.15) is 5.75 Å². The Hall–Kier alpha value is -4.20. The Morgan fingerprint density at radius 3 is 2.50 bits per heavy atom. The van der Waals surface area contributed by atoms with Crippen molar-refractivity contribution in [3.63, 3.8) is 0 Å². The van der Waals surface area contributed by atoms with Gasteiger partial charge in [-0.25, -0.2) is 4.52 Å². The maximum Gasteiger partial charge on any atom is 0.262 e. The first-order valence-electron chi connectivity index (χ1n) is 10.4. The average molecular weight is 427 g/mol. The average Bonchev–Trinajstić information content (AvgIpc) is 3.58. The Morgan fingerprint density at radius 2 is 1.75 bits per heavy atom. The predicted octanol–water partition coefficient (Wildman–Crippen LogP) is 3.76. The van der Waals surface area contributed by atoms with E-state index in [-0.39, 0.29) is 24.3 Å². The summed E-state index contributed by atoms with van der Waals surface area (Å²) in [5, 5.41) is 9.92. The van der Waals surface area contributed by atoms with Gasteiger partial charge in [0.15, 0.2) is 12.3 Å². The number of carbonyl (C=O) groups is 2. The minimum atomic E-state index is -0.228. The Morgan fingerprint density at radius 1 is 0.969 bits per heavy atom. The van der Waals surface area contributed by atoms with Crippen LogP contribution in [0.5, 0.6) is 5.75 Å². The Labute approximate surface area is 184 Å². The first-order chi connectivity index (χ1) is 15.7. The number of nitrogens with one attached hydrogen (secondary N) is 2. The number of ether oxygens (including phenoxy) is 1. The van der Waals surface area contributed by atoms with Crippen LogP contribution in [0.15, 0.2) is 72.9 Å². The number of hydrogen-bond donors (Lipinski definition) is 2. The first kappa shape index (κ1) is 19.7. The molecule has 160 valence electrons. The quantitative estimate of drug-likeness (QED) is 0.468. The molecular weight excluding hydrogens is 406 g/mol. The SMILES string of the molecule is O=C(COc1ccc(-c2cccn3nc(NC(=O)C4CC4)nc23)cc1)Nc1ccccc1. The molecule has 4 aromatic rings. The van der Waals surface area contributed by atoms with Gasteiger partial charge in [-0.3, -0.25) is 14.9 Å². The van der Waals surface area contributed by atoms with Crippen molar-refractivity contribution >= 4 is 29.1 Å². The third-order valence-corrected chi connectivity index (χ3v) is 5.14. The van der Waals surface area contributed by atoms with Crippen LogP contribution in [0.3, 0.4) is 0 Å². The van der Waals surface area contributed by atoms with Gasteiger partial charge in [-0.05, 0) is 54.8 Å². The number of amides is 2. The van der Waals surface area contributed by atoms with Crippen molar-refractivity contribution in [3.05, 3.63) is 72.9 Å². The fraction of sp³-hybridized carbons (Fsp3) is 0.167. The zero-order valence-electron chi connectivity index (χ0n) is 17.2. The Kier molecular flexibility index (Phi) is 5.25. The summed E-state index contributed by atoms with van der Waals surface area (Å²) < 4.78 is 7.25. The summed E-state index contributed by atoms with van der Waals surface area (Å²) in [6, 6.07) is 20.5. The molecule has 32 heavy (non-hydrogen) atoms. The smallest absolute Gasteiger partial charge is 0.262 e. The molecule has 8 heteroatoms. The molecule has 0 aliphatic heterocycles. The van der Waals surface area contributed by atoms with E-state index in [0.29, 0.717) is 17.3 Å². The highest BCUT2D eigenvalue weighted by Gasteiger charge is 2.30. The van der Waals surface area contributed by atoms with E-state index in [0.717, 1.165) is 29.7 Å². The number of benzene rings is 2. The standard InChI is InChI=1S/C24H21N5O3/c30-21(25-18-5-2-1-3-6-18)15-32-19-12-10-16(11-13-19)20-7-4-14-29-22(20)26-24(28-29)27-23(31)17-8-9-17/h1-7,10-14,17H,8-9,15H2,(H,25,30)(H,27,28,31). The van der Waals surface area contributed by atoms with Gasteiger partial charge < -0.3 is 10.1 Å². The van der Waals surface area contributed by atoms with E-state index in [9.17, 15) is 9.59 Å². The maximum absolute atomic E-state index is 12.1. The lowest BCUT2D eigenvalue weighted by Gasteiger charge is -2.08. The molecule has 0 unspecified atom stereocenters. The molecule has 1 aliphatic rings. The van der Waals surface area contributed by atoms with Crippen LogP contribution in [0.25, 0.3) is 16.8 Å². The molecule has 2 heterocycles. The van der Waals surface area contributed by atoms with Gasteiger partial charge in [-0.2, -0.15) is 4.98 Å². The molecule has 2 N–H and O–H groups in total. The zero-order chi connectivity index (χ0) is 21.9. The van der Waals surface area contributed by atoms with Crippen LogP contribution in [0.2, 0.25) is 0 Å². The van der Waals surface area contributed by atoms with Crippen LogP contribution in [-0.2, 0) is 9.59 Å². The van der Waals surface area contributed by atoms with E-state index in [2.05, 4.69) is 20.7 Å². The minimum absolute atomic E-state index is 0.0275. The molecule has 2 aromatic heterocycles. The first-order valence-corrected chi connectivity index (χ1v) is 10.4. The van der Waals surface area contributed by atoms with Crippen molar-refractivity contribution in [1.29, 1.82) is 0 Å². The molecule has 1 fully saturated rings. The largest absolute Gasteiger partial charge is 0.484 e. The summed E-state index contributed by atoms with van der Waals surface area (Å²) in [4.78, 5) is 28.6. The van der Waals surface area contributed by atoms with E-state index < -0.39 is 0 Å². The van der Waals surface area contributed by atoms with Crippen molar-refractivity contribution in [2.75, 3.05) is 17.2 Å². The van der Waals surface area contributed by atoms with Gasteiger partial charge in [0.05, 0.1) is 0 Å². The number of aromatic nitrogens is 3. The summed E-state index contributed by atoms with van der Waals surface area (Å²) in [7, 11) is 0. The third kappa shape index (κ3) is 4.44. The number of anilines is 2. The minimum Gasteiger partial charge on any atom is -0.484 e. The molecule has 0 saturated heterocycles. The predicted molar refractivity (Wildman–Crippen MR) is 120 cm³/mol. The number of nitrogens with zero attached hydrogens (tertiary/aromatic N) is 3. The van der Waals surface area contributed by atoms with Gasteiger partial charge in [-0.15, -0.1) is 5.10 Å². The third-order valence-electron chi connectivity index (χ3n) is 5.14.